The highest BCUT2D eigenvalue weighted by molar-refractivity contribution is 7.14. The molecule has 0 bridgehead atoms. The van der Waals surface area contributed by atoms with Crippen LogP contribution in [0.3, 0.4) is 0 Å². The van der Waals surface area contributed by atoms with Gasteiger partial charge in [-0.25, -0.2) is 9.97 Å². The van der Waals surface area contributed by atoms with E-state index in [4.69, 9.17) is 4.98 Å². The van der Waals surface area contributed by atoms with Gasteiger partial charge in [-0.3, -0.25) is 24.2 Å². The second-order valence-corrected chi connectivity index (χ2v) is 12.6. The van der Waals surface area contributed by atoms with Crippen molar-refractivity contribution in [2.24, 2.45) is 23.7 Å². The van der Waals surface area contributed by atoms with Gasteiger partial charge in [-0.1, -0.05) is 69.0 Å². The zero-order chi connectivity index (χ0) is 29.2. The molecule has 4 heterocycles. The van der Waals surface area contributed by atoms with Gasteiger partial charge >= 0.3 is 5.97 Å². The van der Waals surface area contributed by atoms with Crippen molar-refractivity contribution in [3.63, 3.8) is 0 Å². The molecule has 218 valence electrons. The molecule has 42 heavy (non-hydrogen) atoms. The molecule has 1 saturated carbocycles. The monoisotopic (exact) mass is 584 g/mol. The molecule has 8 nitrogen and oxygen atoms in total. The van der Waals surface area contributed by atoms with Gasteiger partial charge in [-0.2, -0.15) is 0 Å². The van der Waals surface area contributed by atoms with Crippen molar-refractivity contribution >= 4 is 40.1 Å². The van der Waals surface area contributed by atoms with Crippen molar-refractivity contribution in [2.75, 3.05) is 22.9 Å². The first-order valence-corrected chi connectivity index (χ1v) is 15.8. The molecule has 1 aromatic carbocycles. The van der Waals surface area contributed by atoms with Crippen LogP contribution in [0.1, 0.15) is 51.9 Å². The second-order valence-electron chi connectivity index (χ2n) is 11.7. The fourth-order valence-corrected chi connectivity index (χ4v) is 7.64. The van der Waals surface area contributed by atoms with Crippen LogP contribution < -0.4 is 9.80 Å². The van der Waals surface area contributed by atoms with Crippen LogP contribution in [-0.4, -0.2) is 45.9 Å². The number of carboxylic acid groups (broad SMARTS) is 1. The fourth-order valence-electron chi connectivity index (χ4n) is 6.80. The first-order valence-electron chi connectivity index (χ1n) is 14.9. The Kier molecular flexibility index (Phi) is 8.20. The normalized spacial score (nSPS) is 24.2. The van der Waals surface area contributed by atoms with Crippen LogP contribution in [0, 0.1) is 23.7 Å². The number of hydrogen-bond donors (Lipinski definition) is 1. The smallest absolute Gasteiger partial charge is 0.304 e. The number of amides is 2. The summed E-state index contributed by atoms with van der Waals surface area (Å²) in [6.07, 6.45) is 11.8. The van der Waals surface area contributed by atoms with Gasteiger partial charge in [0.05, 0.1) is 18.0 Å². The van der Waals surface area contributed by atoms with Gasteiger partial charge in [0, 0.05) is 41.7 Å². The van der Waals surface area contributed by atoms with Crippen LogP contribution in [0.25, 0.3) is 22.4 Å². The summed E-state index contributed by atoms with van der Waals surface area (Å²) in [6.45, 7) is 3.01. The largest absolute Gasteiger partial charge is 0.481 e. The summed E-state index contributed by atoms with van der Waals surface area (Å²) in [5.74, 6) is -0.425. The molecule has 9 heteroatoms. The van der Waals surface area contributed by atoms with Gasteiger partial charge in [0.25, 0.3) is 0 Å². The highest BCUT2D eigenvalue weighted by Gasteiger charge is 2.40. The molecular formula is C33H36N4O4S. The molecule has 2 amide bonds. The third-order valence-electron chi connectivity index (χ3n) is 9.10. The Labute approximate surface area is 250 Å². The van der Waals surface area contributed by atoms with Crippen LogP contribution in [0.4, 0.5) is 10.9 Å². The summed E-state index contributed by atoms with van der Waals surface area (Å²) in [5, 5.41) is 12.3. The zero-order valence-electron chi connectivity index (χ0n) is 23.8. The molecule has 2 aromatic heterocycles. The van der Waals surface area contributed by atoms with E-state index in [0.29, 0.717) is 30.0 Å². The average Bonchev–Trinajstić information content (AvgIpc) is 3.76. The van der Waals surface area contributed by atoms with Gasteiger partial charge in [0.2, 0.25) is 11.8 Å². The number of carbonyl (C=O) groups is 3. The minimum Gasteiger partial charge on any atom is -0.481 e. The van der Waals surface area contributed by atoms with E-state index in [2.05, 4.69) is 11.1 Å². The maximum absolute atomic E-state index is 14.0. The van der Waals surface area contributed by atoms with E-state index >= 15 is 0 Å². The molecule has 3 aliphatic rings. The molecule has 1 N–H and O–H groups in total. The van der Waals surface area contributed by atoms with Gasteiger partial charge in [-0.15, -0.1) is 11.3 Å². The van der Waals surface area contributed by atoms with Crippen molar-refractivity contribution < 1.29 is 19.5 Å². The number of anilines is 2. The minimum absolute atomic E-state index is 0.0232. The standard InChI is InChI=1S/C33H36N4O4S/c1-21-15-17-36(31(21)40)29-14-13-23(19-34-29)25-10-4-5-12-26(25)28-20-42-33(35-28)37-16-7-6-11-24(22-8-2-3-9-22)27(32(37)41)18-30(38)39/h4-7,10,12-14,19-22,24,27H,2-3,8-9,11,15-18H2,1H3,(H,38,39)/b7-6-/t21-,24+,27-/m0/s1. The Balaban J connectivity index is 1.28. The zero-order valence-corrected chi connectivity index (χ0v) is 24.6. The van der Waals surface area contributed by atoms with Crippen molar-refractivity contribution in [3.8, 4) is 22.4 Å². The van der Waals surface area contributed by atoms with Crippen molar-refractivity contribution in [3.05, 3.63) is 60.1 Å². The number of nitrogens with zero attached hydrogens (tertiary/aromatic N) is 4. The number of aromatic nitrogens is 2. The van der Waals surface area contributed by atoms with E-state index in [0.717, 1.165) is 60.9 Å². The summed E-state index contributed by atoms with van der Waals surface area (Å²) in [7, 11) is 0. The molecule has 1 saturated heterocycles. The van der Waals surface area contributed by atoms with E-state index in [-0.39, 0.29) is 30.1 Å². The number of allylic oxidation sites excluding steroid dienone is 1. The molecule has 0 unspecified atom stereocenters. The summed E-state index contributed by atoms with van der Waals surface area (Å²) in [4.78, 5) is 51.3. The van der Waals surface area contributed by atoms with Crippen molar-refractivity contribution in [1.29, 1.82) is 0 Å². The van der Waals surface area contributed by atoms with Gasteiger partial charge in [0.1, 0.15) is 5.82 Å². The van der Waals surface area contributed by atoms with Gasteiger partial charge in [-0.05, 0) is 42.4 Å². The Morgan fingerprint density at radius 3 is 2.48 bits per heavy atom. The van der Waals surface area contributed by atoms with E-state index in [1.807, 2.05) is 54.8 Å². The number of rotatable bonds is 7. The second kappa shape index (κ2) is 12.2. The molecule has 2 aliphatic heterocycles. The van der Waals surface area contributed by atoms with Crippen LogP contribution >= 0.6 is 11.3 Å². The Morgan fingerprint density at radius 1 is 1.00 bits per heavy atom. The average molecular weight is 585 g/mol. The lowest BCUT2D eigenvalue weighted by Gasteiger charge is -2.34. The quantitative estimate of drug-likeness (QED) is 0.321. The molecule has 3 atom stereocenters. The predicted molar refractivity (Wildman–Crippen MR) is 164 cm³/mol. The van der Waals surface area contributed by atoms with Crippen LogP contribution in [0.5, 0.6) is 0 Å². The van der Waals surface area contributed by atoms with Crippen LogP contribution in [0.15, 0.2) is 60.1 Å². The number of carboxylic acids is 1. The summed E-state index contributed by atoms with van der Waals surface area (Å²) in [5.41, 5.74) is 3.54. The highest BCUT2D eigenvalue weighted by Crippen LogP contribution is 2.41. The lowest BCUT2D eigenvalue weighted by molar-refractivity contribution is -0.142. The van der Waals surface area contributed by atoms with E-state index in [1.54, 1.807) is 16.0 Å². The molecular weight excluding hydrogens is 548 g/mol. The minimum atomic E-state index is -0.933. The summed E-state index contributed by atoms with van der Waals surface area (Å²) in [6, 6.07) is 11.8. The van der Waals surface area contributed by atoms with E-state index in [9.17, 15) is 19.5 Å². The SMILES string of the molecule is C[C@H]1CCN(c2ccc(-c3ccccc3-c3csc(N4C/C=C\C[C@H](C5CCCC5)[C@H](CC(=O)O)C4=O)n3)cn2)C1=O. The fraction of sp³-hybridized carbons (Fsp3) is 0.424. The topological polar surface area (TPSA) is 104 Å². The molecule has 6 rings (SSSR count). The van der Waals surface area contributed by atoms with Gasteiger partial charge < -0.3 is 5.11 Å². The van der Waals surface area contributed by atoms with E-state index in [1.165, 1.54) is 11.3 Å². The molecule has 1 aliphatic carbocycles. The Hall–Kier alpha value is -3.85. The number of benzene rings is 1. The number of aliphatic carboxylic acids is 1. The summed E-state index contributed by atoms with van der Waals surface area (Å²) < 4.78 is 0. The number of thiazole rings is 1. The molecule has 0 radical (unpaired) electrons. The first kappa shape index (κ1) is 28.3. The molecule has 2 fully saturated rings. The lowest BCUT2D eigenvalue weighted by Crippen LogP contribution is -2.43. The Morgan fingerprint density at radius 2 is 1.79 bits per heavy atom. The van der Waals surface area contributed by atoms with Crippen LogP contribution in [0.2, 0.25) is 0 Å². The van der Waals surface area contributed by atoms with Crippen molar-refractivity contribution in [1.82, 2.24) is 9.97 Å². The summed E-state index contributed by atoms with van der Waals surface area (Å²) >= 11 is 1.40. The van der Waals surface area contributed by atoms with Crippen LogP contribution in [-0.2, 0) is 14.4 Å². The first-order chi connectivity index (χ1) is 20.4. The third-order valence-corrected chi connectivity index (χ3v) is 9.96. The molecule has 0 spiro atoms. The number of hydrogen-bond acceptors (Lipinski definition) is 6. The van der Waals surface area contributed by atoms with E-state index < -0.39 is 11.9 Å². The Bertz CT molecular complexity index is 1490. The number of carbonyl (C=O) groups excluding carboxylic acids is 2. The maximum Gasteiger partial charge on any atom is 0.304 e. The lowest BCUT2D eigenvalue weighted by atomic mass is 9.75. The third kappa shape index (κ3) is 5.62. The van der Waals surface area contributed by atoms with Crippen molar-refractivity contribution in [2.45, 2.75) is 51.9 Å². The predicted octanol–water partition coefficient (Wildman–Crippen LogP) is 6.44. The molecule has 3 aromatic rings. The highest BCUT2D eigenvalue weighted by atomic mass is 32.1. The maximum atomic E-state index is 14.0. The van der Waals surface area contributed by atoms with Gasteiger partial charge in [0.15, 0.2) is 5.13 Å². The number of pyridine rings is 1.